The zero-order valence-corrected chi connectivity index (χ0v) is 20.0. The normalized spacial score (nSPS) is 13.9. The van der Waals surface area contributed by atoms with Crippen molar-refractivity contribution >= 4 is 48.2 Å². The lowest BCUT2D eigenvalue weighted by Gasteiger charge is -2.22. The molecule has 13 heteroatoms. The van der Waals surface area contributed by atoms with Gasteiger partial charge in [0.2, 0.25) is 20.0 Å². The summed E-state index contributed by atoms with van der Waals surface area (Å²) < 4.78 is 65.2. The van der Waals surface area contributed by atoms with Crippen LogP contribution in [0.3, 0.4) is 0 Å². The number of pyridine rings is 1. The minimum Gasteiger partial charge on any atom is -0.505 e. The number of halogens is 1. The highest BCUT2D eigenvalue weighted by Crippen LogP contribution is 2.44. The lowest BCUT2D eigenvalue weighted by molar-refractivity contribution is 0.0765. The van der Waals surface area contributed by atoms with Gasteiger partial charge >= 0.3 is 0 Å². The van der Waals surface area contributed by atoms with E-state index in [1.54, 1.807) is 12.1 Å². The van der Waals surface area contributed by atoms with Crippen molar-refractivity contribution in [2.45, 2.75) is 13.1 Å². The van der Waals surface area contributed by atoms with Crippen molar-refractivity contribution in [3.63, 3.8) is 0 Å². The molecule has 3 aromatic rings. The number of phenolic OH excluding ortho intramolecular Hbond substituents is 1. The number of carbonyl (C=O) groups is 1. The predicted octanol–water partition coefficient (Wildman–Crippen LogP) is 2.00. The van der Waals surface area contributed by atoms with Crippen molar-refractivity contribution in [2.24, 2.45) is 0 Å². The van der Waals surface area contributed by atoms with Crippen molar-refractivity contribution in [3.8, 4) is 5.75 Å². The van der Waals surface area contributed by atoms with Crippen molar-refractivity contribution in [1.82, 2.24) is 9.88 Å². The Labute approximate surface area is 195 Å². The maximum atomic E-state index is 13.8. The van der Waals surface area contributed by atoms with Crippen molar-refractivity contribution in [3.05, 3.63) is 59.0 Å². The monoisotopic (exact) mass is 508 g/mol. The van der Waals surface area contributed by atoms with Crippen molar-refractivity contribution < 1.29 is 31.1 Å². The Balaban J connectivity index is 1.85. The van der Waals surface area contributed by atoms with Gasteiger partial charge in [0.25, 0.3) is 5.91 Å². The molecule has 0 spiro atoms. The molecule has 1 aliphatic heterocycles. The van der Waals surface area contributed by atoms with E-state index in [4.69, 9.17) is 0 Å². The maximum absolute atomic E-state index is 13.8. The number of aromatic hydroxyl groups is 1. The van der Waals surface area contributed by atoms with E-state index in [9.17, 15) is 31.1 Å². The highest BCUT2D eigenvalue weighted by Gasteiger charge is 2.37. The lowest BCUT2D eigenvalue weighted by Crippen LogP contribution is -2.26. The van der Waals surface area contributed by atoms with Gasteiger partial charge in [-0.25, -0.2) is 21.2 Å². The zero-order chi connectivity index (χ0) is 25.0. The number of amides is 1. The van der Waals surface area contributed by atoms with Crippen molar-refractivity contribution in [1.29, 1.82) is 0 Å². The van der Waals surface area contributed by atoms with Crippen LogP contribution in [-0.4, -0.2) is 57.3 Å². The summed E-state index contributed by atoms with van der Waals surface area (Å²) in [6.45, 7) is -0.200. The summed E-state index contributed by atoms with van der Waals surface area (Å²) >= 11 is 0. The second kappa shape index (κ2) is 8.09. The molecule has 0 saturated heterocycles. The fourth-order valence-electron chi connectivity index (χ4n) is 3.97. The maximum Gasteiger partial charge on any atom is 0.258 e. The van der Waals surface area contributed by atoms with E-state index in [1.165, 1.54) is 24.2 Å². The summed E-state index contributed by atoms with van der Waals surface area (Å²) in [5.41, 5.74) is 0.766. The van der Waals surface area contributed by atoms with E-state index in [0.717, 1.165) is 28.9 Å². The van der Waals surface area contributed by atoms with Crippen LogP contribution in [0.15, 0.2) is 36.5 Å². The van der Waals surface area contributed by atoms with Crippen LogP contribution < -0.4 is 9.03 Å². The molecule has 0 unspecified atom stereocenters. The van der Waals surface area contributed by atoms with Crippen LogP contribution in [0.4, 0.5) is 15.8 Å². The summed E-state index contributed by atoms with van der Waals surface area (Å²) in [4.78, 5) is 18.8. The lowest BCUT2D eigenvalue weighted by atomic mass is 10.0. The van der Waals surface area contributed by atoms with Crippen LogP contribution in [-0.2, 0) is 33.1 Å². The number of aromatic nitrogens is 1. The van der Waals surface area contributed by atoms with Gasteiger partial charge in [0.1, 0.15) is 11.3 Å². The van der Waals surface area contributed by atoms with Gasteiger partial charge in [-0.1, -0.05) is 6.07 Å². The number of benzene rings is 2. The molecule has 4 rings (SSSR count). The molecule has 2 aromatic carbocycles. The van der Waals surface area contributed by atoms with Gasteiger partial charge in [0, 0.05) is 37.3 Å². The van der Waals surface area contributed by atoms with E-state index >= 15 is 0 Å². The van der Waals surface area contributed by atoms with E-state index < -0.39 is 31.8 Å². The SMILES string of the molecule is CN(c1c2c(c(O)c3ncccc13)C(=O)N(Cc1ccc(F)cc1NS(C)(=O)=O)C2)S(C)(=O)=O. The van der Waals surface area contributed by atoms with Gasteiger partial charge in [0.05, 0.1) is 29.4 Å². The number of sulfonamides is 2. The number of nitrogens with one attached hydrogen (secondary N) is 1. The topological polar surface area (TPSA) is 137 Å². The Kier molecular flexibility index (Phi) is 5.64. The Bertz CT molecular complexity index is 1560. The van der Waals surface area contributed by atoms with Gasteiger partial charge < -0.3 is 10.0 Å². The summed E-state index contributed by atoms with van der Waals surface area (Å²) in [5, 5.41) is 11.2. The molecule has 1 aromatic heterocycles. The number of rotatable bonds is 6. The zero-order valence-electron chi connectivity index (χ0n) is 18.4. The van der Waals surface area contributed by atoms with Crippen LogP contribution in [0.2, 0.25) is 0 Å². The number of fused-ring (bicyclic) bond motifs is 2. The first kappa shape index (κ1) is 23.7. The highest BCUT2D eigenvalue weighted by atomic mass is 32.2. The Hall–Kier alpha value is -3.45. The van der Waals surface area contributed by atoms with Gasteiger partial charge in [0.15, 0.2) is 5.75 Å². The molecule has 34 heavy (non-hydrogen) atoms. The number of carbonyl (C=O) groups excluding carboxylic acids is 1. The second-order valence-electron chi connectivity index (χ2n) is 8.02. The summed E-state index contributed by atoms with van der Waals surface area (Å²) in [7, 11) is -6.12. The van der Waals surface area contributed by atoms with E-state index in [2.05, 4.69) is 9.71 Å². The number of hydrogen-bond donors (Lipinski definition) is 2. The van der Waals surface area contributed by atoms with Crippen LogP contribution in [0, 0.1) is 5.82 Å². The summed E-state index contributed by atoms with van der Waals surface area (Å²) in [6.07, 6.45) is 3.35. The molecule has 1 aliphatic rings. The van der Waals surface area contributed by atoms with E-state index in [0.29, 0.717) is 10.9 Å². The molecule has 0 bridgehead atoms. The van der Waals surface area contributed by atoms with Gasteiger partial charge in [-0.05, 0) is 29.8 Å². The molecule has 10 nitrogen and oxygen atoms in total. The minimum atomic E-state index is -3.73. The molecule has 0 fully saturated rings. The quantitative estimate of drug-likeness (QED) is 0.520. The first-order valence-corrected chi connectivity index (χ1v) is 13.6. The summed E-state index contributed by atoms with van der Waals surface area (Å²) in [5.74, 6) is -1.65. The molecular weight excluding hydrogens is 487 g/mol. The second-order valence-corrected chi connectivity index (χ2v) is 11.8. The molecule has 0 saturated carbocycles. The molecule has 2 N–H and O–H groups in total. The summed E-state index contributed by atoms with van der Waals surface area (Å²) in [6, 6.07) is 6.67. The first-order chi connectivity index (χ1) is 15.8. The van der Waals surface area contributed by atoms with Crippen LogP contribution in [0.25, 0.3) is 10.9 Å². The smallest absolute Gasteiger partial charge is 0.258 e. The molecule has 180 valence electrons. The third-order valence-corrected chi connectivity index (χ3v) is 7.27. The molecule has 2 heterocycles. The van der Waals surface area contributed by atoms with Gasteiger partial charge in [-0.2, -0.15) is 0 Å². The van der Waals surface area contributed by atoms with E-state index in [-0.39, 0.29) is 46.9 Å². The largest absolute Gasteiger partial charge is 0.505 e. The van der Waals surface area contributed by atoms with E-state index in [1.807, 2.05) is 0 Å². The number of nitrogens with zero attached hydrogens (tertiary/aromatic N) is 3. The van der Waals surface area contributed by atoms with Gasteiger partial charge in [-0.3, -0.25) is 18.8 Å². The minimum absolute atomic E-state index is 0.0317. The third kappa shape index (κ3) is 4.23. The molecule has 1 amide bonds. The number of phenols is 1. The average Bonchev–Trinajstić information content (AvgIpc) is 3.04. The number of hydrogen-bond acceptors (Lipinski definition) is 7. The average molecular weight is 509 g/mol. The Morgan fingerprint density at radius 1 is 1.21 bits per heavy atom. The Morgan fingerprint density at radius 2 is 1.91 bits per heavy atom. The fourth-order valence-corrected chi connectivity index (χ4v) is 5.10. The first-order valence-electron chi connectivity index (χ1n) is 9.90. The molecule has 0 radical (unpaired) electrons. The molecule has 0 atom stereocenters. The third-order valence-electron chi connectivity index (χ3n) is 5.50. The fraction of sp³-hybridized carbons (Fsp3) is 0.238. The standard InChI is InChI=1S/C21H21FN4O6S2/c1-25(34(3,31)32)19-14-5-4-8-23-18(14)20(27)17-15(19)11-26(21(17)28)10-12-6-7-13(22)9-16(12)24-33(2,29)30/h4-9,24,27H,10-11H2,1-3H3. The predicted molar refractivity (Wildman–Crippen MR) is 125 cm³/mol. The van der Waals surface area contributed by atoms with Crippen molar-refractivity contribution in [2.75, 3.05) is 28.6 Å². The molecular formula is C21H21FN4O6S2. The number of anilines is 2. The molecule has 0 aliphatic carbocycles. The van der Waals surface area contributed by atoms with Crippen LogP contribution in [0.5, 0.6) is 5.75 Å². The highest BCUT2D eigenvalue weighted by molar-refractivity contribution is 7.92. The van der Waals surface area contributed by atoms with Crippen LogP contribution in [0.1, 0.15) is 21.5 Å². The van der Waals surface area contributed by atoms with Crippen LogP contribution >= 0.6 is 0 Å². The van der Waals surface area contributed by atoms with Gasteiger partial charge in [-0.15, -0.1) is 0 Å². The Morgan fingerprint density at radius 3 is 2.56 bits per heavy atom.